The topological polar surface area (TPSA) is 48.7 Å². The van der Waals surface area contributed by atoms with E-state index in [4.69, 9.17) is 13.9 Å². The Morgan fingerprint density at radius 3 is 2.71 bits per heavy atom. The van der Waals surface area contributed by atoms with Gasteiger partial charge in [-0.25, -0.2) is 0 Å². The average molecular weight is 282 g/mol. The van der Waals surface area contributed by atoms with Crippen molar-refractivity contribution < 1.29 is 18.7 Å². The highest BCUT2D eigenvalue weighted by atomic mass is 16.6. The molecule has 1 aromatic carbocycles. The molecule has 0 bridgehead atoms. The molecule has 106 valence electrons. The van der Waals surface area contributed by atoms with Crippen LogP contribution in [0.4, 0.5) is 0 Å². The zero-order chi connectivity index (χ0) is 14.5. The molecule has 4 heteroatoms. The van der Waals surface area contributed by atoms with Gasteiger partial charge in [-0.15, -0.1) is 0 Å². The number of ketones is 1. The van der Waals surface area contributed by atoms with Gasteiger partial charge in [0.25, 0.3) is 0 Å². The number of allylic oxidation sites excluding steroid dienone is 3. The maximum Gasteiger partial charge on any atom is 0.185 e. The molecule has 21 heavy (non-hydrogen) atoms. The van der Waals surface area contributed by atoms with Crippen molar-refractivity contribution in [3.05, 3.63) is 66.1 Å². The second-order valence-corrected chi connectivity index (χ2v) is 4.46. The molecule has 0 amide bonds. The van der Waals surface area contributed by atoms with Gasteiger partial charge in [0.2, 0.25) is 0 Å². The molecule has 0 atom stereocenters. The van der Waals surface area contributed by atoms with Crippen LogP contribution >= 0.6 is 0 Å². The molecule has 0 saturated heterocycles. The summed E-state index contributed by atoms with van der Waals surface area (Å²) in [5, 5.41) is 0. The molecular weight excluding hydrogens is 268 g/mol. The first-order valence-corrected chi connectivity index (χ1v) is 6.65. The number of ether oxygens (including phenoxy) is 2. The molecule has 0 fully saturated rings. The van der Waals surface area contributed by atoms with E-state index in [1.165, 1.54) is 6.08 Å². The lowest BCUT2D eigenvalue weighted by Crippen LogP contribution is -2.15. The third-order valence-electron chi connectivity index (χ3n) is 2.99. The van der Waals surface area contributed by atoms with Crippen molar-refractivity contribution in [2.75, 3.05) is 13.2 Å². The molecule has 2 aromatic rings. The third kappa shape index (κ3) is 3.23. The van der Waals surface area contributed by atoms with Crippen molar-refractivity contribution in [1.29, 1.82) is 0 Å². The Labute approximate surface area is 122 Å². The molecule has 4 nitrogen and oxygen atoms in total. The zero-order valence-electron chi connectivity index (χ0n) is 11.3. The van der Waals surface area contributed by atoms with E-state index in [-0.39, 0.29) is 5.78 Å². The number of furan rings is 1. The zero-order valence-corrected chi connectivity index (χ0v) is 11.3. The van der Waals surface area contributed by atoms with Gasteiger partial charge < -0.3 is 13.9 Å². The highest BCUT2D eigenvalue weighted by Crippen LogP contribution is 2.30. The van der Waals surface area contributed by atoms with E-state index in [9.17, 15) is 4.79 Å². The maximum absolute atomic E-state index is 12.1. The second-order valence-electron chi connectivity index (χ2n) is 4.46. The molecule has 3 rings (SSSR count). The Kier molecular flexibility index (Phi) is 3.87. The van der Waals surface area contributed by atoms with E-state index < -0.39 is 0 Å². The average Bonchev–Trinajstić information content (AvgIpc) is 3.04. The Bertz CT molecular complexity index is 681. The lowest BCUT2D eigenvalue weighted by Gasteiger charge is -2.18. The number of hydrogen-bond donors (Lipinski definition) is 0. The molecule has 1 aliphatic rings. The van der Waals surface area contributed by atoms with Gasteiger partial charge in [-0.1, -0.05) is 12.2 Å². The van der Waals surface area contributed by atoms with Crippen LogP contribution in [-0.2, 0) is 0 Å². The summed E-state index contributed by atoms with van der Waals surface area (Å²) in [7, 11) is 0. The highest BCUT2D eigenvalue weighted by molar-refractivity contribution is 6.05. The largest absolute Gasteiger partial charge is 0.486 e. The smallest absolute Gasteiger partial charge is 0.185 e. The number of carbonyl (C=O) groups excluding carboxylic acids is 1. The van der Waals surface area contributed by atoms with Gasteiger partial charge in [-0.2, -0.15) is 0 Å². The summed E-state index contributed by atoms with van der Waals surface area (Å²) in [6.45, 7) is 1.05. The van der Waals surface area contributed by atoms with Crippen LogP contribution in [0, 0.1) is 0 Å². The van der Waals surface area contributed by atoms with E-state index in [1.54, 1.807) is 42.7 Å². The predicted molar refractivity (Wildman–Crippen MR) is 78.6 cm³/mol. The third-order valence-corrected chi connectivity index (χ3v) is 2.99. The van der Waals surface area contributed by atoms with Crippen LogP contribution in [0.15, 0.2) is 59.2 Å². The molecule has 0 N–H and O–H groups in total. The molecule has 1 aromatic heterocycles. The summed E-state index contributed by atoms with van der Waals surface area (Å²) in [4.78, 5) is 12.1. The van der Waals surface area contributed by atoms with Gasteiger partial charge in [0.1, 0.15) is 19.0 Å². The van der Waals surface area contributed by atoms with E-state index in [1.807, 2.05) is 12.1 Å². The summed E-state index contributed by atoms with van der Waals surface area (Å²) in [6, 6.07) is 8.85. The molecule has 0 aliphatic carbocycles. The van der Waals surface area contributed by atoms with Crippen molar-refractivity contribution in [1.82, 2.24) is 0 Å². The fraction of sp³-hybridized carbons (Fsp3) is 0.118. The minimum absolute atomic E-state index is 0.0870. The number of rotatable bonds is 4. The van der Waals surface area contributed by atoms with Crippen LogP contribution in [0.2, 0.25) is 0 Å². The Morgan fingerprint density at radius 2 is 1.90 bits per heavy atom. The molecule has 0 spiro atoms. The molecule has 1 aliphatic heterocycles. The highest BCUT2D eigenvalue weighted by Gasteiger charge is 2.13. The van der Waals surface area contributed by atoms with E-state index in [0.717, 1.165) is 5.76 Å². The normalized spacial score (nSPS) is 13.9. The standard InChI is InChI=1S/C17H14O4/c18-15(6-2-1-4-14-5-3-9-19-14)13-7-8-16-17(12-13)21-11-10-20-16/h1-9,12H,10-11H2/b4-1+,6-2+. The predicted octanol–water partition coefficient (Wildman–Crippen LogP) is 3.50. The number of carbonyl (C=O) groups is 1. The Hall–Kier alpha value is -2.75. The van der Waals surface area contributed by atoms with Crippen molar-refractivity contribution in [3.63, 3.8) is 0 Å². The van der Waals surface area contributed by atoms with Crippen molar-refractivity contribution in [3.8, 4) is 11.5 Å². The molecule has 0 saturated carbocycles. The summed E-state index contributed by atoms with van der Waals surface area (Å²) < 4.78 is 16.0. The van der Waals surface area contributed by atoms with Gasteiger partial charge in [0.15, 0.2) is 17.3 Å². The van der Waals surface area contributed by atoms with Gasteiger partial charge in [0.05, 0.1) is 6.26 Å². The minimum Gasteiger partial charge on any atom is -0.486 e. The summed E-state index contributed by atoms with van der Waals surface area (Å²) in [5.41, 5.74) is 0.571. The molecular formula is C17H14O4. The quantitative estimate of drug-likeness (QED) is 0.489. The van der Waals surface area contributed by atoms with Crippen molar-refractivity contribution >= 4 is 11.9 Å². The number of fused-ring (bicyclic) bond motifs is 1. The van der Waals surface area contributed by atoms with Crippen molar-refractivity contribution in [2.24, 2.45) is 0 Å². The lowest BCUT2D eigenvalue weighted by atomic mass is 10.1. The molecule has 0 radical (unpaired) electrons. The Balaban J connectivity index is 1.67. The maximum atomic E-state index is 12.1. The van der Waals surface area contributed by atoms with Crippen LogP contribution in [0.1, 0.15) is 16.1 Å². The Morgan fingerprint density at radius 1 is 1.05 bits per heavy atom. The van der Waals surface area contributed by atoms with Crippen LogP contribution in [0.25, 0.3) is 6.08 Å². The minimum atomic E-state index is -0.0870. The van der Waals surface area contributed by atoms with Crippen LogP contribution in [0.5, 0.6) is 11.5 Å². The first-order valence-electron chi connectivity index (χ1n) is 6.65. The van der Waals surface area contributed by atoms with E-state index in [2.05, 4.69) is 0 Å². The fourth-order valence-corrected chi connectivity index (χ4v) is 1.97. The monoisotopic (exact) mass is 282 g/mol. The van der Waals surface area contributed by atoms with Crippen LogP contribution < -0.4 is 9.47 Å². The summed E-state index contributed by atoms with van der Waals surface area (Å²) >= 11 is 0. The molecule has 0 unspecified atom stereocenters. The van der Waals surface area contributed by atoms with Crippen molar-refractivity contribution in [2.45, 2.75) is 0 Å². The van der Waals surface area contributed by atoms with Gasteiger partial charge in [-0.05, 0) is 42.5 Å². The fourth-order valence-electron chi connectivity index (χ4n) is 1.97. The first kappa shape index (κ1) is 13.2. The van der Waals surface area contributed by atoms with E-state index >= 15 is 0 Å². The lowest BCUT2D eigenvalue weighted by molar-refractivity contribution is 0.104. The van der Waals surface area contributed by atoms with Crippen LogP contribution in [-0.4, -0.2) is 19.0 Å². The van der Waals surface area contributed by atoms with Gasteiger partial charge in [0, 0.05) is 5.56 Å². The van der Waals surface area contributed by atoms with Crippen LogP contribution in [0.3, 0.4) is 0 Å². The SMILES string of the molecule is O=C(/C=C/C=C/c1ccco1)c1ccc2c(c1)OCCO2. The van der Waals surface area contributed by atoms with E-state index in [0.29, 0.717) is 30.3 Å². The summed E-state index contributed by atoms with van der Waals surface area (Å²) in [6.07, 6.45) is 8.33. The molecule has 2 heterocycles. The van der Waals surface area contributed by atoms with Gasteiger partial charge in [-0.3, -0.25) is 4.79 Å². The number of benzene rings is 1. The number of hydrogen-bond acceptors (Lipinski definition) is 4. The second kappa shape index (κ2) is 6.13. The first-order chi connectivity index (χ1) is 10.3. The summed E-state index contributed by atoms with van der Waals surface area (Å²) in [5.74, 6) is 1.95. The van der Waals surface area contributed by atoms with Gasteiger partial charge >= 0.3 is 0 Å².